The molecule has 2 fully saturated rings. The minimum Gasteiger partial charge on any atom is -0.378 e. The van der Waals surface area contributed by atoms with Crippen molar-refractivity contribution in [3.05, 3.63) is 12.2 Å². The van der Waals surface area contributed by atoms with E-state index in [1.54, 1.807) is 6.33 Å². The van der Waals surface area contributed by atoms with Gasteiger partial charge in [0, 0.05) is 31.7 Å². The van der Waals surface area contributed by atoms with E-state index in [4.69, 9.17) is 4.74 Å². The fourth-order valence-corrected chi connectivity index (χ4v) is 2.77. The van der Waals surface area contributed by atoms with E-state index in [2.05, 4.69) is 34.1 Å². The minimum atomic E-state index is 0.448. The molecule has 1 aliphatic carbocycles. The van der Waals surface area contributed by atoms with Gasteiger partial charge < -0.3 is 10.1 Å². The van der Waals surface area contributed by atoms with Gasteiger partial charge in [-0.2, -0.15) is 5.10 Å². The van der Waals surface area contributed by atoms with Crippen LogP contribution in [-0.4, -0.2) is 58.1 Å². The summed E-state index contributed by atoms with van der Waals surface area (Å²) in [6, 6.07) is 1.20. The molecule has 1 N–H and O–H groups in total. The standard InChI is InChI=1S/C15H27N5O/c1-12(2)8-20-15(17-11-18-20)9-19-5-6-21-10-14(19)7-16-13-3-4-13/h11-14,16H,3-10H2,1-2H3. The van der Waals surface area contributed by atoms with Crippen molar-refractivity contribution in [2.24, 2.45) is 5.92 Å². The van der Waals surface area contributed by atoms with E-state index in [0.717, 1.165) is 51.3 Å². The fraction of sp³-hybridized carbons (Fsp3) is 0.867. The van der Waals surface area contributed by atoms with Gasteiger partial charge in [-0.3, -0.25) is 4.90 Å². The maximum Gasteiger partial charge on any atom is 0.141 e. The zero-order valence-electron chi connectivity index (χ0n) is 13.2. The van der Waals surface area contributed by atoms with Crippen LogP contribution in [-0.2, 0) is 17.8 Å². The minimum absolute atomic E-state index is 0.448. The van der Waals surface area contributed by atoms with Crippen molar-refractivity contribution in [3.63, 3.8) is 0 Å². The summed E-state index contributed by atoms with van der Waals surface area (Å²) < 4.78 is 7.70. The first-order valence-corrected chi connectivity index (χ1v) is 8.14. The van der Waals surface area contributed by atoms with Gasteiger partial charge >= 0.3 is 0 Å². The van der Waals surface area contributed by atoms with Gasteiger partial charge in [-0.15, -0.1) is 0 Å². The van der Waals surface area contributed by atoms with E-state index in [0.29, 0.717) is 12.0 Å². The van der Waals surface area contributed by atoms with Crippen LogP contribution >= 0.6 is 0 Å². The van der Waals surface area contributed by atoms with Crippen molar-refractivity contribution in [1.29, 1.82) is 0 Å². The van der Waals surface area contributed by atoms with Gasteiger partial charge in [-0.25, -0.2) is 9.67 Å². The number of nitrogens with zero attached hydrogens (tertiary/aromatic N) is 4. The number of ether oxygens (including phenoxy) is 1. The second kappa shape index (κ2) is 6.85. The van der Waals surface area contributed by atoms with E-state index in [9.17, 15) is 0 Å². The number of aromatic nitrogens is 3. The summed E-state index contributed by atoms with van der Waals surface area (Å²) in [4.78, 5) is 6.94. The van der Waals surface area contributed by atoms with Gasteiger partial charge in [0.05, 0.1) is 19.8 Å². The summed E-state index contributed by atoms with van der Waals surface area (Å²) in [7, 11) is 0. The quantitative estimate of drug-likeness (QED) is 0.809. The summed E-state index contributed by atoms with van der Waals surface area (Å²) in [5.41, 5.74) is 0. The first kappa shape index (κ1) is 14.9. The Hall–Kier alpha value is -0.980. The van der Waals surface area contributed by atoms with Crippen LogP contribution in [0.25, 0.3) is 0 Å². The smallest absolute Gasteiger partial charge is 0.141 e. The molecule has 1 atom stereocenters. The van der Waals surface area contributed by atoms with Crippen molar-refractivity contribution < 1.29 is 4.74 Å². The van der Waals surface area contributed by atoms with Crippen molar-refractivity contribution >= 4 is 0 Å². The summed E-state index contributed by atoms with van der Waals surface area (Å²) >= 11 is 0. The molecule has 1 aromatic rings. The Bertz CT molecular complexity index is 443. The van der Waals surface area contributed by atoms with Gasteiger partial charge in [0.1, 0.15) is 12.2 Å². The Labute approximate surface area is 126 Å². The summed E-state index contributed by atoms with van der Waals surface area (Å²) in [6.07, 6.45) is 4.34. The molecule has 6 nitrogen and oxygen atoms in total. The highest BCUT2D eigenvalue weighted by Gasteiger charge is 2.27. The first-order valence-electron chi connectivity index (χ1n) is 8.14. The van der Waals surface area contributed by atoms with Crippen molar-refractivity contribution in [3.8, 4) is 0 Å². The number of nitrogens with one attached hydrogen (secondary N) is 1. The molecule has 1 aromatic heterocycles. The molecule has 2 aliphatic rings. The van der Waals surface area contributed by atoms with Crippen LogP contribution in [0.1, 0.15) is 32.5 Å². The molecule has 0 radical (unpaired) electrons. The molecule has 118 valence electrons. The van der Waals surface area contributed by atoms with Crippen LogP contribution in [0.5, 0.6) is 0 Å². The molecule has 1 saturated carbocycles. The van der Waals surface area contributed by atoms with Gasteiger partial charge in [0.2, 0.25) is 0 Å². The monoisotopic (exact) mass is 293 g/mol. The second-order valence-corrected chi connectivity index (χ2v) is 6.63. The molecular formula is C15H27N5O. The van der Waals surface area contributed by atoms with Crippen LogP contribution in [0.4, 0.5) is 0 Å². The summed E-state index contributed by atoms with van der Waals surface area (Å²) in [5, 5.41) is 7.98. The van der Waals surface area contributed by atoms with E-state index in [1.165, 1.54) is 12.8 Å². The Morgan fingerprint density at radius 3 is 3.05 bits per heavy atom. The lowest BCUT2D eigenvalue weighted by Crippen LogP contribution is -2.50. The lowest BCUT2D eigenvalue weighted by atomic mass is 10.2. The third kappa shape index (κ3) is 4.25. The Morgan fingerprint density at radius 2 is 2.29 bits per heavy atom. The van der Waals surface area contributed by atoms with E-state index in [1.807, 2.05) is 4.68 Å². The van der Waals surface area contributed by atoms with Crippen molar-refractivity contribution in [2.75, 3.05) is 26.3 Å². The number of hydrogen-bond acceptors (Lipinski definition) is 5. The van der Waals surface area contributed by atoms with Crippen LogP contribution in [0.2, 0.25) is 0 Å². The van der Waals surface area contributed by atoms with Gasteiger partial charge in [0.25, 0.3) is 0 Å². The predicted molar refractivity (Wildman–Crippen MR) is 80.9 cm³/mol. The molecule has 3 rings (SSSR count). The highest BCUT2D eigenvalue weighted by Crippen LogP contribution is 2.19. The Balaban J connectivity index is 1.59. The SMILES string of the molecule is CC(C)Cn1ncnc1CN1CCOCC1CNC1CC1. The molecule has 1 unspecified atom stereocenters. The summed E-state index contributed by atoms with van der Waals surface area (Å²) in [6.45, 7) is 9.85. The van der Waals surface area contributed by atoms with E-state index < -0.39 is 0 Å². The Morgan fingerprint density at radius 1 is 1.43 bits per heavy atom. The van der Waals surface area contributed by atoms with Crippen LogP contribution in [0.3, 0.4) is 0 Å². The second-order valence-electron chi connectivity index (χ2n) is 6.63. The lowest BCUT2D eigenvalue weighted by molar-refractivity contribution is -0.0127. The van der Waals surface area contributed by atoms with Gasteiger partial charge in [-0.05, 0) is 18.8 Å². The normalized spacial score (nSPS) is 23.9. The molecule has 0 amide bonds. The first-order chi connectivity index (χ1) is 10.2. The number of morpholine rings is 1. The molecule has 0 bridgehead atoms. The third-order valence-electron chi connectivity index (χ3n) is 4.15. The molecule has 0 aromatic carbocycles. The average molecular weight is 293 g/mol. The molecular weight excluding hydrogens is 266 g/mol. The van der Waals surface area contributed by atoms with Crippen molar-refractivity contribution in [2.45, 2.75) is 51.9 Å². The zero-order valence-corrected chi connectivity index (χ0v) is 13.2. The largest absolute Gasteiger partial charge is 0.378 e. The van der Waals surface area contributed by atoms with Gasteiger partial charge in [0.15, 0.2) is 0 Å². The predicted octanol–water partition coefficient (Wildman–Crippen LogP) is 0.887. The third-order valence-corrected chi connectivity index (χ3v) is 4.15. The topological polar surface area (TPSA) is 55.2 Å². The molecule has 21 heavy (non-hydrogen) atoms. The maximum atomic E-state index is 5.65. The van der Waals surface area contributed by atoms with E-state index in [-0.39, 0.29) is 0 Å². The zero-order chi connectivity index (χ0) is 14.7. The lowest BCUT2D eigenvalue weighted by Gasteiger charge is -2.35. The molecule has 1 aliphatic heterocycles. The molecule has 2 heterocycles. The molecule has 1 saturated heterocycles. The summed E-state index contributed by atoms with van der Waals surface area (Å²) in [5.74, 6) is 1.66. The van der Waals surface area contributed by atoms with E-state index >= 15 is 0 Å². The molecule has 6 heteroatoms. The number of rotatable bonds is 7. The van der Waals surface area contributed by atoms with Crippen LogP contribution in [0.15, 0.2) is 6.33 Å². The maximum absolute atomic E-state index is 5.65. The Kier molecular flexibility index (Phi) is 4.87. The van der Waals surface area contributed by atoms with Crippen LogP contribution < -0.4 is 5.32 Å². The average Bonchev–Trinajstić information content (AvgIpc) is 3.20. The molecule has 0 spiro atoms. The van der Waals surface area contributed by atoms with Gasteiger partial charge in [-0.1, -0.05) is 13.8 Å². The van der Waals surface area contributed by atoms with Crippen LogP contribution in [0, 0.1) is 5.92 Å². The fourth-order valence-electron chi connectivity index (χ4n) is 2.77. The number of hydrogen-bond donors (Lipinski definition) is 1. The highest BCUT2D eigenvalue weighted by molar-refractivity contribution is 4.90. The highest BCUT2D eigenvalue weighted by atomic mass is 16.5. The van der Waals surface area contributed by atoms with Crippen molar-refractivity contribution in [1.82, 2.24) is 25.0 Å².